The zero-order valence-electron chi connectivity index (χ0n) is 12.0. The van der Waals surface area contributed by atoms with E-state index in [4.69, 9.17) is 4.74 Å². The van der Waals surface area contributed by atoms with Crippen molar-refractivity contribution in [2.45, 2.75) is 6.42 Å². The van der Waals surface area contributed by atoms with Crippen molar-refractivity contribution in [1.29, 1.82) is 0 Å². The van der Waals surface area contributed by atoms with Crippen LogP contribution in [0.25, 0.3) is 0 Å². The molecule has 20 heavy (non-hydrogen) atoms. The third-order valence-corrected chi connectivity index (χ3v) is 3.63. The standard InChI is InChI=1S/C16H22N2O2/c1-3-8-17-9-11-18(12-10-17)16(19)13-14-4-6-15(20-2)7-5-14/h3-7H,1,8-13H2,2H3. The van der Waals surface area contributed by atoms with Gasteiger partial charge in [0.05, 0.1) is 13.5 Å². The fourth-order valence-corrected chi connectivity index (χ4v) is 2.39. The average molecular weight is 274 g/mol. The number of methoxy groups -OCH3 is 1. The van der Waals surface area contributed by atoms with Crippen molar-refractivity contribution in [3.63, 3.8) is 0 Å². The van der Waals surface area contributed by atoms with Gasteiger partial charge < -0.3 is 9.64 Å². The van der Waals surface area contributed by atoms with Crippen LogP contribution in [0.4, 0.5) is 0 Å². The van der Waals surface area contributed by atoms with Crippen LogP contribution in [0, 0.1) is 0 Å². The molecule has 1 fully saturated rings. The Bertz CT molecular complexity index is 448. The van der Waals surface area contributed by atoms with E-state index in [0.29, 0.717) is 6.42 Å². The van der Waals surface area contributed by atoms with Gasteiger partial charge in [-0.2, -0.15) is 0 Å². The lowest BCUT2D eigenvalue weighted by atomic mass is 10.1. The van der Waals surface area contributed by atoms with Crippen molar-refractivity contribution in [2.75, 3.05) is 39.8 Å². The average Bonchev–Trinajstić information content (AvgIpc) is 2.49. The highest BCUT2D eigenvalue weighted by atomic mass is 16.5. The number of ether oxygens (including phenoxy) is 1. The smallest absolute Gasteiger partial charge is 0.227 e. The highest BCUT2D eigenvalue weighted by Gasteiger charge is 2.20. The topological polar surface area (TPSA) is 32.8 Å². The van der Waals surface area contributed by atoms with E-state index < -0.39 is 0 Å². The lowest BCUT2D eigenvalue weighted by Crippen LogP contribution is -2.49. The Morgan fingerprint density at radius 3 is 2.45 bits per heavy atom. The minimum atomic E-state index is 0.202. The zero-order valence-corrected chi connectivity index (χ0v) is 12.0. The molecule has 4 nitrogen and oxygen atoms in total. The molecule has 1 aromatic carbocycles. The number of piperazine rings is 1. The fourth-order valence-electron chi connectivity index (χ4n) is 2.39. The largest absolute Gasteiger partial charge is 0.497 e. The maximum atomic E-state index is 12.2. The van der Waals surface area contributed by atoms with Crippen LogP contribution >= 0.6 is 0 Å². The Morgan fingerprint density at radius 2 is 1.90 bits per heavy atom. The van der Waals surface area contributed by atoms with Gasteiger partial charge in [0.1, 0.15) is 5.75 Å². The van der Waals surface area contributed by atoms with Crippen LogP contribution in [0.5, 0.6) is 5.75 Å². The van der Waals surface area contributed by atoms with Gasteiger partial charge in [-0.05, 0) is 17.7 Å². The summed E-state index contributed by atoms with van der Waals surface area (Å²) in [7, 11) is 1.64. The lowest BCUT2D eigenvalue weighted by Gasteiger charge is -2.34. The van der Waals surface area contributed by atoms with Crippen LogP contribution in [0.2, 0.25) is 0 Å². The van der Waals surface area contributed by atoms with Gasteiger partial charge in [-0.3, -0.25) is 9.69 Å². The van der Waals surface area contributed by atoms with E-state index in [1.165, 1.54) is 0 Å². The molecular weight excluding hydrogens is 252 g/mol. The molecule has 108 valence electrons. The Labute approximate surface area is 120 Å². The molecule has 0 aliphatic carbocycles. The third-order valence-electron chi connectivity index (χ3n) is 3.63. The van der Waals surface area contributed by atoms with Gasteiger partial charge in [-0.25, -0.2) is 0 Å². The number of hydrogen-bond donors (Lipinski definition) is 0. The van der Waals surface area contributed by atoms with Crippen LogP contribution in [-0.2, 0) is 11.2 Å². The number of amides is 1. The monoisotopic (exact) mass is 274 g/mol. The summed E-state index contributed by atoms with van der Waals surface area (Å²) in [5, 5.41) is 0. The molecule has 2 rings (SSSR count). The summed E-state index contributed by atoms with van der Waals surface area (Å²) in [5.74, 6) is 1.02. The molecule has 0 saturated carbocycles. The molecule has 1 heterocycles. The molecule has 0 spiro atoms. The first-order valence-corrected chi connectivity index (χ1v) is 6.97. The van der Waals surface area contributed by atoms with Crippen LogP contribution in [0.1, 0.15) is 5.56 Å². The minimum absolute atomic E-state index is 0.202. The zero-order chi connectivity index (χ0) is 14.4. The van der Waals surface area contributed by atoms with Crippen molar-refractivity contribution in [1.82, 2.24) is 9.80 Å². The summed E-state index contributed by atoms with van der Waals surface area (Å²) in [6.45, 7) is 8.13. The van der Waals surface area contributed by atoms with Gasteiger partial charge in [0.15, 0.2) is 0 Å². The van der Waals surface area contributed by atoms with E-state index >= 15 is 0 Å². The maximum Gasteiger partial charge on any atom is 0.227 e. The first kappa shape index (κ1) is 14.6. The van der Waals surface area contributed by atoms with Gasteiger partial charge in [-0.15, -0.1) is 6.58 Å². The quantitative estimate of drug-likeness (QED) is 0.764. The van der Waals surface area contributed by atoms with Crippen LogP contribution in [-0.4, -0.2) is 55.5 Å². The van der Waals surface area contributed by atoms with E-state index in [0.717, 1.165) is 44.0 Å². The van der Waals surface area contributed by atoms with E-state index in [2.05, 4.69) is 11.5 Å². The van der Waals surface area contributed by atoms with E-state index in [1.54, 1.807) is 7.11 Å². The van der Waals surface area contributed by atoms with Gasteiger partial charge in [-0.1, -0.05) is 18.2 Å². The second kappa shape index (κ2) is 7.10. The van der Waals surface area contributed by atoms with Crippen molar-refractivity contribution >= 4 is 5.91 Å². The number of rotatable bonds is 5. The molecule has 1 amide bonds. The van der Waals surface area contributed by atoms with Crippen molar-refractivity contribution in [2.24, 2.45) is 0 Å². The second-order valence-electron chi connectivity index (χ2n) is 4.99. The Kier molecular flexibility index (Phi) is 5.18. The normalized spacial score (nSPS) is 15.9. The van der Waals surface area contributed by atoms with Crippen molar-refractivity contribution in [3.05, 3.63) is 42.5 Å². The summed E-state index contributed by atoms with van der Waals surface area (Å²) < 4.78 is 5.12. The molecule has 0 aromatic heterocycles. The molecule has 0 atom stereocenters. The molecule has 1 saturated heterocycles. The number of carbonyl (C=O) groups is 1. The molecule has 1 aliphatic heterocycles. The molecule has 1 aliphatic rings. The lowest BCUT2D eigenvalue weighted by molar-refractivity contribution is -0.132. The number of benzene rings is 1. The van der Waals surface area contributed by atoms with Gasteiger partial charge in [0.2, 0.25) is 5.91 Å². The van der Waals surface area contributed by atoms with Crippen LogP contribution < -0.4 is 4.74 Å². The summed E-state index contributed by atoms with van der Waals surface area (Å²) in [5.41, 5.74) is 1.03. The Morgan fingerprint density at radius 1 is 1.25 bits per heavy atom. The van der Waals surface area contributed by atoms with Crippen LogP contribution in [0.3, 0.4) is 0 Å². The van der Waals surface area contributed by atoms with Crippen molar-refractivity contribution < 1.29 is 9.53 Å². The highest BCUT2D eigenvalue weighted by molar-refractivity contribution is 5.78. The summed E-state index contributed by atoms with van der Waals surface area (Å²) >= 11 is 0. The summed E-state index contributed by atoms with van der Waals surface area (Å²) in [6.07, 6.45) is 2.38. The van der Waals surface area contributed by atoms with Crippen LogP contribution in [0.15, 0.2) is 36.9 Å². The Balaban J connectivity index is 1.84. The fraction of sp³-hybridized carbons (Fsp3) is 0.438. The molecule has 0 N–H and O–H groups in total. The van der Waals surface area contributed by atoms with Gasteiger partial charge in [0.25, 0.3) is 0 Å². The number of carbonyl (C=O) groups excluding carboxylic acids is 1. The molecule has 1 aromatic rings. The van der Waals surface area contributed by atoms with E-state index in [9.17, 15) is 4.79 Å². The third kappa shape index (κ3) is 3.84. The summed E-state index contributed by atoms with van der Waals surface area (Å²) in [4.78, 5) is 16.5. The first-order valence-electron chi connectivity index (χ1n) is 6.97. The van der Waals surface area contributed by atoms with Gasteiger partial charge in [0, 0.05) is 32.7 Å². The first-order chi connectivity index (χ1) is 9.72. The minimum Gasteiger partial charge on any atom is -0.497 e. The number of hydrogen-bond acceptors (Lipinski definition) is 3. The maximum absolute atomic E-state index is 12.2. The van der Waals surface area contributed by atoms with Gasteiger partial charge >= 0.3 is 0 Å². The van der Waals surface area contributed by atoms with Crippen molar-refractivity contribution in [3.8, 4) is 5.75 Å². The Hall–Kier alpha value is -1.81. The molecule has 0 radical (unpaired) electrons. The number of nitrogens with zero attached hydrogens (tertiary/aromatic N) is 2. The molecule has 0 unspecified atom stereocenters. The predicted molar refractivity (Wildman–Crippen MR) is 79.9 cm³/mol. The second-order valence-corrected chi connectivity index (χ2v) is 4.99. The highest BCUT2D eigenvalue weighted by Crippen LogP contribution is 2.13. The predicted octanol–water partition coefficient (Wildman–Crippen LogP) is 1.57. The SMILES string of the molecule is C=CCN1CCN(C(=O)Cc2ccc(OC)cc2)CC1. The van der Waals surface area contributed by atoms with E-state index in [1.807, 2.05) is 35.2 Å². The molecule has 0 bridgehead atoms. The van der Waals surface area contributed by atoms with E-state index in [-0.39, 0.29) is 5.91 Å². The molecular formula is C16H22N2O2. The molecule has 4 heteroatoms. The summed E-state index contributed by atoms with van der Waals surface area (Å²) in [6, 6.07) is 7.69.